The Morgan fingerprint density at radius 2 is 1.62 bits per heavy atom. The minimum atomic E-state index is -1.09. The maximum absolute atomic E-state index is 12.3. The van der Waals surface area contributed by atoms with Crippen LogP contribution in [0.5, 0.6) is 0 Å². The summed E-state index contributed by atoms with van der Waals surface area (Å²) in [4.78, 5) is 25.0. The van der Waals surface area contributed by atoms with E-state index in [0.717, 1.165) is 27.2 Å². The molecule has 2 aromatic carbocycles. The lowest BCUT2D eigenvalue weighted by Gasteiger charge is -2.24. The number of benzene rings is 2. The molecule has 0 radical (unpaired) electrons. The molecule has 1 N–H and O–H groups in total. The summed E-state index contributed by atoms with van der Waals surface area (Å²) in [6, 6.07) is 15.0. The van der Waals surface area contributed by atoms with Crippen LogP contribution in [0.4, 0.5) is 4.79 Å². The highest BCUT2D eigenvalue weighted by molar-refractivity contribution is 5.82. The molecule has 6 heteroatoms. The summed E-state index contributed by atoms with van der Waals surface area (Å²) >= 11 is 0. The van der Waals surface area contributed by atoms with Gasteiger partial charge in [-0.1, -0.05) is 48.5 Å². The van der Waals surface area contributed by atoms with Gasteiger partial charge in [-0.15, -0.1) is 0 Å². The van der Waals surface area contributed by atoms with Crippen molar-refractivity contribution in [3.05, 3.63) is 59.7 Å². The van der Waals surface area contributed by atoms with E-state index in [-0.39, 0.29) is 12.5 Å². The quantitative estimate of drug-likeness (QED) is 0.834. The Bertz CT molecular complexity index is 774. The van der Waals surface area contributed by atoms with E-state index in [1.54, 1.807) is 0 Å². The Morgan fingerprint density at radius 3 is 2.12 bits per heavy atom. The van der Waals surface area contributed by atoms with Crippen LogP contribution >= 0.6 is 0 Å². The highest BCUT2D eigenvalue weighted by Gasteiger charge is 2.32. The summed E-state index contributed by atoms with van der Waals surface area (Å²) in [5, 5.41) is 9.34. The van der Waals surface area contributed by atoms with Crippen LogP contribution in [0.2, 0.25) is 0 Å². The van der Waals surface area contributed by atoms with E-state index in [9.17, 15) is 14.7 Å². The van der Waals surface area contributed by atoms with Crippen molar-refractivity contribution < 1.29 is 24.2 Å². The molecule has 2 aromatic rings. The van der Waals surface area contributed by atoms with Crippen molar-refractivity contribution in [3.8, 4) is 11.1 Å². The third-order valence-electron chi connectivity index (χ3n) is 4.74. The number of ether oxygens (including phenoxy) is 2. The van der Waals surface area contributed by atoms with Crippen molar-refractivity contribution in [3.63, 3.8) is 0 Å². The number of hydrogen-bond donors (Lipinski definition) is 1. The molecule has 1 aliphatic rings. The number of rotatable bonds is 5. The molecular weight excluding hydrogens is 334 g/mol. The number of nitrogens with zero attached hydrogens (tertiary/aromatic N) is 1. The number of aliphatic hydroxyl groups excluding tert-OH is 1. The Morgan fingerprint density at radius 1 is 1.08 bits per heavy atom. The molecule has 1 amide bonds. The summed E-state index contributed by atoms with van der Waals surface area (Å²) in [6.07, 6.45) is -0.684. The number of aliphatic hydroxyl groups is 1. The van der Waals surface area contributed by atoms with Crippen molar-refractivity contribution >= 4 is 12.1 Å². The second-order valence-electron chi connectivity index (χ2n) is 6.14. The first-order valence-electron chi connectivity index (χ1n) is 8.35. The number of fused-ring (bicyclic) bond motifs is 3. The maximum atomic E-state index is 12.3. The van der Waals surface area contributed by atoms with E-state index in [4.69, 9.17) is 4.74 Å². The van der Waals surface area contributed by atoms with Crippen molar-refractivity contribution in [2.75, 3.05) is 27.4 Å². The van der Waals surface area contributed by atoms with Gasteiger partial charge in [-0.05, 0) is 22.3 Å². The molecule has 0 spiro atoms. The molecule has 0 aliphatic heterocycles. The number of likely N-dealkylation sites (N-methyl/N-ethyl adjacent to an activating group) is 1. The fourth-order valence-corrected chi connectivity index (χ4v) is 3.31. The topological polar surface area (TPSA) is 76.1 Å². The molecule has 136 valence electrons. The normalized spacial score (nSPS) is 13.5. The molecular formula is C20H21NO5. The fourth-order valence-electron chi connectivity index (χ4n) is 3.31. The van der Waals surface area contributed by atoms with Gasteiger partial charge in [0, 0.05) is 13.0 Å². The molecule has 1 atom stereocenters. The van der Waals surface area contributed by atoms with Crippen LogP contribution in [-0.2, 0) is 14.3 Å². The molecule has 0 fully saturated rings. The first kappa shape index (κ1) is 17.9. The monoisotopic (exact) mass is 355 g/mol. The van der Waals surface area contributed by atoms with Crippen LogP contribution in [0.3, 0.4) is 0 Å². The fraction of sp³-hybridized carbons (Fsp3) is 0.300. The van der Waals surface area contributed by atoms with E-state index in [1.807, 2.05) is 36.4 Å². The minimum absolute atomic E-state index is 0.0644. The van der Waals surface area contributed by atoms with Gasteiger partial charge in [0.15, 0.2) is 6.04 Å². The second kappa shape index (κ2) is 7.58. The predicted molar refractivity (Wildman–Crippen MR) is 95.7 cm³/mol. The van der Waals surface area contributed by atoms with Crippen LogP contribution < -0.4 is 0 Å². The van der Waals surface area contributed by atoms with E-state index < -0.39 is 24.7 Å². The SMILES string of the molecule is COC(=O)[C@@H](CO)N(C)C(=O)OCC1c2ccccc2-c2ccccc21. The van der Waals surface area contributed by atoms with Crippen molar-refractivity contribution in [2.45, 2.75) is 12.0 Å². The van der Waals surface area contributed by atoms with Crippen molar-refractivity contribution in [1.82, 2.24) is 4.90 Å². The Balaban J connectivity index is 1.76. The molecule has 3 rings (SSSR count). The summed E-state index contributed by atoms with van der Waals surface area (Å²) < 4.78 is 10.0. The molecule has 0 saturated heterocycles. The lowest BCUT2D eigenvalue weighted by atomic mass is 9.98. The Kier molecular flexibility index (Phi) is 5.23. The summed E-state index contributed by atoms with van der Waals surface area (Å²) in [5.74, 6) is -0.756. The lowest BCUT2D eigenvalue weighted by molar-refractivity contribution is -0.147. The predicted octanol–water partition coefficient (Wildman–Crippen LogP) is 2.40. The number of methoxy groups -OCH3 is 1. The van der Waals surface area contributed by atoms with Crippen LogP contribution in [-0.4, -0.2) is 55.5 Å². The lowest BCUT2D eigenvalue weighted by Crippen LogP contribution is -2.45. The zero-order chi connectivity index (χ0) is 18.7. The van der Waals surface area contributed by atoms with Crippen LogP contribution in [0.25, 0.3) is 11.1 Å². The van der Waals surface area contributed by atoms with E-state index in [0.29, 0.717) is 0 Å². The van der Waals surface area contributed by atoms with Crippen LogP contribution in [0.15, 0.2) is 48.5 Å². The van der Waals surface area contributed by atoms with E-state index >= 15 is 0 Å². The second-order valence-corrected chi connectivity index (χ2v) is 6.14. The molecule has 0 unspecified atom stereocenters. The maximum Gasteiger partial charge on any atom is 0.410 e. The zero-order valence-corrected chi connectivity index (χ0v) is 14.7. The van der Waals surface area contributed by atoms with Gasteiger partial charge in [-0.2, -0.15) is 0 Å². The number of carbonyl (C=O) groups is 2. The molecule has 0 bridgehead atoms. The highest BCUT2D eigenvalue weighted by Crippen LogP contribution is 2.44. The van der Waals surface area contributed by atoms with Crippen LogP contribution in [0.1, 0.15) is 17.0 Å². The first-order valence-corrected chi connectivity index (χ1v) is 8.35. The van der Waals surface area contributed by atoms with Gasteiger partial charge >= 0.3 is 12.1 Å². The van der Waals surface area contributed by atoms with Gasteiger partial charge in [0.25, 0.3) is 0 Å². The van der Waals surface area contributed by atoms with Gasteiger partial charge in [0.2, 0.25) is 0 Å². The number of esters is 1. The summed E-state index contributed by atoms with van der Waals surface area (Å²) in [7, 11) is 2.60. The molecule has 1 aliphatic carbocycles. The van der Waals surface area contributed by atoms with Gasteiger partial charge in [0.1, 0.15) is 6.61 Å². The third-order valence-corrected chi connectivity index (χ3v) is 4.74. The highest BCUT2D eigenvalue weighted by atomic mass is 16.6. The number of amides is 1. The van der Waals surface area contributed by atoms with Gasteiger partial charge in [0.05, 0.1) is 13.7 Å². The Hall–Kier alpha value is -2.86. The largest absolute Gasteiger partial charge is 0.467 e. The van der Waals surface area contributed by atoms with Crippen molar-refractivity contribution in [1.29, 1.82) is 0 Å². The van der Waals surface area contributed by atoms with E-state index in [1.165, 1.54) is 14.2 Å². The first-order chi connectivity index (χ1) is 12.6. The third kappa shape index (κ3) is 3.15. The van der Waals surface area contributed by atoms with E-state index in [2.05, 4.69) is 16.9 Å². The zero-order valence-electron chi connectivity index (χ0n) is 14.7. The summed E-state index contributed by atoms with van der Waals surface area (Å²) in [6.45, 7) is -0.385. The smallest absolute Gasteiger partial charge is 0.410 e. The molecule has 26 heavy (non-hydrogen) atoms. The average molecular weight is 355 g/mol. The molecule has 0 heterocycles. The van der Waals surface area contributed by atoms with Gasteiger partial charge in [-0.25, -0.2) is 9.59 Å². The summed E-state index contributed by atoms with van der Waals surface area (Å²) in [5.41, 5.74) is 4.49. The number of hydrogen-bond acceptors (Lipinski definition) is 5. The average Bonchev–Trinajstić information content (AvgIpc) is 3.00. The van der Waals surface area contributed by atoms with Gasteiger partial charge < -0.3 is 14.6 Å². The number of carbonyl (C=O) groups excluding carboxylic acids is 2. The minimum Gasteiger partial charge on any atom is -0.467 e. The standard InChI is InChI=1S/C20H21NO5/c1-21(18(11-22)19(23)25-2)20(24)26-12-17-15-9-5-3-7-13(15)14-8-4-6-10-16(14)17/h3-10,17-18,22H,11-12H2,1-2H3/t18-/m1/s1. The molecule has 0 aromatic heterocycles. The molecule has 6 nitrogen and oxygen atoms in total. The van der Waals surface area contributed by atoms with Gasteiger partial charge in [-0.3, -0.25) is 4.90 Å². The van der Waals surface area contributed by atoms with Crippen molar-refractivity contribution in [2.24, 2.45) is 0 Å². The van der Waals surface area contributed by atoms with Crippen LogP contribution in [0, 0.1) is 0 Å². The molecule has 0 saturated carbocycles. The Labute approximate surface area is 152 Å².